The van der Waals surface area contributed by atoms with Crippen LogP contribution in [0.15, 0.2) is 54.7 Å². The molecule has 2 amide bonds. The van der Waals surface area contributed by atoms with Gasteiger partial charge in [0.2, 0.25) is 5.91 Å². The topological polar surface area (TPSA) is 83.2 Å². The predicted molar refractivity (Wildman–Crippen MR) is 123 cm³/mol. The summed E-state index contributed by atoms with van der Waals surface area (Å²) in [4.78, 5) is 27.4. The lowest BCUT2D eigenvalue weighted by Gasteiger charge is -2.20. The Morgan fingerprint density at radius 2 is 1.74 bits per heavy atom. The molecule has 0 aliphatic rings. The van der Waals surface area contributed by atoms with Crippen LogP contribution < -0.4 is 10.6 Å². The number of carbonyl (C=O) groups excluding carboxylic acids is 2. The van der Waals surface area contributed by atoms with Crippen LogP contribution in [0, 0.1) is 0 Å². The minimum Gasteiger partial charge on any atom is -0.444 e. The Bertz CT molecular complexity index is 1060. The molecule has 3 N–H and O–H groups in total. The van der Waals surface area contributed by atoms with Gasteiger partial charge in [0.05, 0.1) is 0 Å². The molecule has 6 nitrogen and oxygen atoms in total. The third-order valence-corrected chi connectivity index (χ3v) is 5.15. The van der Waals surface area contributed by atoms with Crippen LogP contribution in [-0.4, -0.2) is 35.7 Å². The number of amides is 2. The minimum absolute atomic E-state index is 0.118. The number of aromatic nitrogens is 1. The average molecular weight is 442 g/mol. The number of alkyl carbamates (subject to hydrolysis) is 1. The van der Waals surface area contributed by atoms with E-state index in [1.165, 1.54) is 0 Å². The van der Waals surface area contributed by atoms with E-state index in [-0.39, 0.29) is 24.8 Å². The number of hydrogen-bond donors (Lipinski definition) is 3. The van der Waals surface area contributed by atoms with Crippen molar-refractivity contribution in [3.63, 3.8) is 0 Å². The molecular weight excluding hydrogens is 414 g/mol. The van der Waals surface area contributed by atoms with Crippen molar-refractivity contribution < 1.29 is 14.3 Å². The third kappa shape index (κ3) is 6.25. The highest BCUT2D eigenvalue weighted by molar-refractivity contribution is 6.31. The van der Waals surface area contributed by atoms with E-state index in [0.717, 1.165) is 22.0 Å². The molecule has 0 fully saturated rings. The molecule has 3 rings (SSSR count). The summed E-state index contributed by atoms with van der Waals surface area (Å²) in [5.74, 6) is -0.277. The number of carbonyl (C=O) groups is 2. The molecular formula is C24H28ClN3O3. The number of hydrogen-bond acceptors (Lipinski definition) is 3. The predicted octanol–water partition coefficient (Wildman–Crippen LogP) is 4.98. The molecule has 0 radical (unpaired) electrons. The van der Waals surface area contributed by atoms with E-state index in [4.69, 9.17) is 16.3 Å². The molecule has 0 saturated heterocycles. The van der Waals surface area contributed by atoms with Crippen LogP contribution in [0.2, 0.25) is 5.02 Å². The summed E-state index contributed by atoms with van der Waals surface area (Å²) in [5, 5.41) is 7.32. The maximum atomic E-state index is 12.4. The number of rotatable bonds is 7. The summed E-state index contributed by atoms with van der Waals surface area (Å²) >= 11 is 6.49. The molecule has 7 heteroatoms. The number of aromatic amines is 1. The quantitative estimate of drug-likeness (QED) is 0.483. The van der Waals surface area contributed by atoms with Gasteiger partial charge >= 0.3 is 6.09 Å². The lowest BCUT2D eigenvalue weighted by Crippen LogP contribution is -2.36. The van der Waals surface area contributed by atoms with Gasteiger partial charge in [0.1, 0.15) is 5.60 Å². The highest BCUT2D eigenvalue weighted by Gasteiger charge is 2.21. The zero-order chi connectivity index (χ0) is 22.4. The first-order chi connectivity index (χ1) is 14.7. The molecule has 0 spiro atoms. The smallest absolute Gasteiger partial charge is 0.407 e. The number of nitrogens with one attached hydrogen (secondary N) is 3. The summed E-state index contributed by atoms with van der Waals surface area (Å²) in [6.07, 6.45) is 1.59. The molecule has 1 aromatic heterocycles. The van der Waals surface area contributed by atoms with E-state index < -0.39 is 11.7 Å². The molecule has 3 aromatic rings. The van der Waals surface area contributed by atoms with Crippen molar-refractivity contribution in [1.29, 1.82) is 0 Å². The number of halogens is 1. The van der Waals surface area contributed by atoms with Crippen molar-refractivity contribution in [2.45, 2.75) is 38.7 Å². The maximum absolute atomic E-state index is 12.4. The Morgan fingerprint density at radius 1 is 1.03 bits per heavy atom. The lowest BCUT2D eigenvalue weighted by molar-refractivity contribution is -0.120. The number of H-pyrrole nitrogens is 1. The van der Waals surface area contributed by atoms with Gasteiger partial charge in [-0.1, -0.05) is 48.0 Å². The highest BCUT2D eigenvalue weighted by atomic mass is 35.5. The van der Waals surface area contributed by atoms with Crippen molar-refractivity contribution in [2.24, 2.45) is 0 Å². The Balaban J connectivity index is 1.67. The van der Waals surface area contributed by atoms with E-state index in [1.807, 2.05) is 48.7 Å². The number of ether oxygens (including phenoxy) is 1. The van der Waals surface area contributed by atoms with Crippen LogP contribution in [0.5, 0.6) is 0 Å². The van der Waals surface area contributed by atoms with Crippen molar-refractivity contribution in [3.8, 4) is 0 Å². The van der Waals surface area contributed by atoms with E-state index in [9.17, 15) is 9.59 Å². The molecule has 1 heterocycles. The SMILES string of the molecule is CC(C)(C)OC(=O)NCCC(=O)NCC(c1ccccc1Cl)c1c[nH]c2ccccc12. The van der Waals surface area contributed by atoms with Crippen LogP contribution in [0.3, 0.4) is 0 Å². The van der Waals surface area contributed by atoms with E-state index >= 15 is 0 Å². The molecule has 164 valence electrons. The van der Waals surface area contributed by atoms with Gasteiger partial charge in [0.15, 0.2) is 0 Å². The van der Waals surface area contributed by atoms with Crippen LogP contribution >= 0.6 is 11.6 Å². The summed E-state index contributed by atoms with van der Waals surface area (Å²) in [7, 11) is 0. The zero-order valence-corrected chi connectivity index (χ0v) is 18.8. The molecule has 0 bridgehead atoms. The van der Waals surface area contributed by atoms with Crippen LogP contribution in [-0.2, 0) is 9.53 Å². The largest absolute Gasteiger partial charge is 0.444 e. The molecule has 1 unspecified atom stereocenters. The number of benzene rings is 2. The molecule has 0 aliphatic heterocycles. The summed E-state index contributed by atoms with van der Waals surface area (Å²) in [5.41, 5.74) is 2.47. The van der Waals surface area contributed by atoms with E-state index in [0.29, 0.717) is 11.6 Å². The Kier molecular flexibility index (Phi) is 7.23. The van der Waals surface area contributed by atoms with Crippen LogP contribution in [0.1, 0.15) is 44.2 Å². The van der Waals surface area contributed by atoms with Gasteiger partial charge in [-0.25, -0.2) is 4.79 Å². The summed E-state index contributed by atoms with van der Waals surface area (Å²) in [6, 6.07) is 15.7. The second-order valence-electron chi connectivity index (χ2n) is 8.35. The minimum atomic E-state index is -0.576. The second kappa shape index (κ2) is 9.88. The molecule has 2 aromatic carbocycles. The third-order valence-electron chi connectivity index (χ3n) is 4.80. The normalized spacial score (nSPS) is 12.4. The van der Waals surface area contributed by atoms with Crippen LogP contribution in [0.4, 0.5) is 4.79 Å². The van der Waals surface area contributed by atoms with Gasteiger partial charge in [0, 0.05) is 47.6 Å². The summed E-state index contributed by atoms with van der Waals surface area (Å²) < 4.78 is 5.18. The standard InChI is InChI=1S/C24H28ClN3O3/c1-24(2,3)31-23(30)26-13-12-22(29)28-15-18(16-8-4-6-10-20(16)25)19-14-27-21-11-7-5-9-17(19)21/h4-11,14,18,27H,12-13,15H2,1-3H3,(H,26,30)(H,28,29). The average Bonchev–Trinajstić information content (AvgIpc) is 3.12. The first-order valence-corrected chi connectivity index (χ1v) is 10.7. The summed E-state index contributed by atoms with van der Waals surface area (Å²) in [6.45, 7) is 5.96. The molecule has 31 heavy (non-hydrogen) atoms. The van der Waals surface area contributed by atoms with Gasteiger partial charge in [-0.3, -0.25) is 4.79 Å². The number of para-hydroxylation sites is 1. The second-order valence-corrected chi connectivity index (χ2v) is 8.75. The van der Waals surface area contributed by atoms with Crippen molar-refractivity contribution >= 4 is 34.5 Å². The van der Waals surface area contributed by atoms with Gasteiger partial charge < -0.3 is 20.4 Å². The zero-order valence-electron chi connectivity index (χ0n) is 18.0. The molecule has 0 saturated carbocycles. The van der Waals surface area contributed by atoms with Gasteiger partial charge in [-0.15, -0.1) is 0 Å². The Labute approximate surface area is 187 Å². The van der Waals surface area contributed by atoms with Gasteiger partial charge in [-0.2, -0.15) is 0 Å². The van der Waals surface area contributed by atoms with Gasteiger partial charge in [0.25, 0.3) is 0 Å². The fourth-order valence-electron chi connectivity index (χ4n) is 3.42. The van der Waals surface area contributed by atoms with Crippen molar-refractivity contribution in [3.05, 3.63) is 70.9 Å². The molecule has 0 aliphatic carbocycles. The Morgan fingerprint density at radius 3 is 2.48 bits per heavy atom. The first-order valence-electron chi connectivity index (χ1n) is 10.3. The fraction of sp³-hybridized carbons (Fsp3) is 0.333. The van der Waals surface area contributed by atoms with Crippen molar-refractivity contribution in [2.75, 3.05) is 13.1 Å². The Hall–Kier alpha value is -2.99. The maximum Gasteiger partial charge on any atom is 0.407 e. The highest BCUT2D eigenvalue weighted by Crippen LogP contribution is 2.34. The first kappa shape index (κ1) is 22.7. The van der Waals surface area contributed by atoms with Gasteiger partial charge in [-0.05, 0) is 44.0 Å². The van der Waals surface area contributed by atoms with E-state index in [1.54, 1.807) is 20.8 Å². The monoisotopic (exact) mass is 441 g/mol. The number of fused-ring (bicyclic) bond motifs is 1. The van der Waals surface area contributed by atoms with Crippen LogP contribution in [0.25, 0.3) is 10.9 Å². The fourth-order valence-corrected chi connectivity index (χ4v) is 3.69. The van der Waals surface area contributed by atoms with E-state index in [2.05, 4.69) is 21.7 Å². The molecule has 1 atom stereocenters. The van der Waals surface area contributed by atoms with Crippen molar-refractivity contribution in [1.82, 2.24) is 15.6 Å². The lowest BCUT2D eigenvalue weighted by atomic mass is 9.90.